The minimum Gasteiger partial charge on any atom is -0.479 e. The topological polar surface area (TPSA) is 61.2 Å². The van der Waals surface area contributed by atoms with Crippen LogP contribution in [-0.2, 0) is 15.4 Å². The van der Waals surface area contributed by atoms with Crippen LogP contribution in [-0.4, -0.2) is 31.6 Å². The van der Waals surface area contributed by atoms with E-state index in [-0.39, 0.29) is 0 Å². The summed E-state index contributed by atoms with van der Waals surface area (Å²) in [4.78, 5) is 0.315. The number of nitrogens with zero attached hydrogens (tertiary/aromatic N) is 2. The Morgan fingerprint density at radius 2 is 1.24 bits per heavy atom. The molecule has 186 valence electrons. The molecule has 6 heteroatoms. The van der Waals surface area contributed by atoms with E-state index < -0.39 is 15.4 Å². The Balaban J connectivity index is 1.82. The molecule has 0 N–H and O–H groups in total. The predicted molar refractivity (Wildman–Crippen MR) is 147 cm³/mol. The first-order chi connectivity index (χ1) is 17.9. The highest BCUT2D eigenvalue weighted by molar-refractivity contribution is 7.90. The Morgan fingerprint density at radius 3 is 1.65 bits per heavy atom. The minimum absolute atomic E-state index is 0.315. The lowest BCUT2D eigenvalue weighted by molar-refractivity contribution is 0.374. The van der Waals surface area contributed by atoms with Gasteiger partial charge in [-0.1, -0.05) is 97.1 Å². The molecule has 0 atom stereocenters. The molecule has 0 saturated heterocycles. The second-order valence-electron chi connectivity index (χ2n) is 9.06. The van der Waals surface area contributed by atoms with Gasteiger partial charge in [-0.15, -0.1) is 5.10 Å². The summed E-state index contributed by atoms with van der Waals surface area (Å²) in [6.07, 6.45) is 3.21. The van der Waals surface area contributed by atoms with Gasteiger partial charge in [0.2, 0.25) is 5.88 Å². The van der Waals surface area contributed by atoms with Crippen molar-refractivity contribution in [1.29, 1.82) is 0 Å². The van der Waals surface area contributed by atoms with Crippen LogP contribution in [0.2, 0.25) is 0 Å². The van der Waals surface area contributed by atoms with Crippen LogP contribution in [0, 0.1) is 6.92 Å². The molecule has 5 aromatic rings. The van der Waals surface area contributed by atoms with E-state index in [9.17, 15) is 8.42 Å². The Hall–Kier alpha value is -4.16. The van der Waals surface area contributed by atoms with E-state index in [1.807, 2.05) is 77.6 Å². The number of ether oxygens (including phenoxy) is 1. The second-order valence-corrected chi connectivity index (χ2v) is 11.0. The van der Waals surface area contributed by atoms with Gasteiger partial charge < -0.3 is 4.74 Å². The zero-order valence-corrected chi connectivity index (χ0v) is 21.8. The summed E-state index contributed by atoms with van der Waals surface area (Å²) in [5.74, 6) is 0.457. The fourth-order valence-corrected chi connectivity index (χ4v) is 6.01. The van der Waals surface area contributed by atoms with Gasteiger partial charge in [0, 0.05) is 12.5 Å². The Morgan fingerprint density at radius 1 is 0.757 bits per heavy atom. The van der Waals surface area contributed by atoms with Gasteiger partial charge in [0.1, 0.15) is 5.54 Å². The van der Waals surface area contributed by atoms with Crippen LogP contribution in [0.5, 0.6) is 5.88 Å². The van der Waals surface area contributed by atoms with Crippen LogP contribution in [0.15, 0.2) is 120 Å². The first kappa shape index (κ1) is 24.5. The number of hydrogen-bond donors (Lipinski definition) is 0. The highest BCUT2D eigenvalue weighted by atomic mass is 32.2. The molecule has 0 amide bonds. The number of sulfone groups is 1. The molecule has 0 spiro atoms. The van der Waals surface area contributed by atoms with Gasteiger partial charge in [0.15, 0.2) is 9.84 Å². The van der Waals surface area contributed by atoms with Crippen molar-refractivity contribution in [1.82, 2.24) is 9.78 Å². The summed E-state index contributed by atoms with van der Waals surface area (Å²) in [5.41, 5.74) is 4.65. The number of benzene rings is 4. The molecular weight excluding hydrogens is 480 g/mol. The van der Waals surface area contributed by atoms with Gasteiger partial charge in [-0.25, -0.2) is 13.1 Å². The molecule has 0 bridgehead atoms. The van der Waals surface area contributed by atoms with E-state index in [2.05, 4.69) is 36.4 Å². The minimum atomic E-state index is -3.33. The van der Waals surface area contributed by atoms with Crippen LogP contribution in [0.4, 0.5) is 0 Å². The second kappa shape index (κ2) is 9.71. The van der Waals surface area contributed by atoms with Crippen LogP contribution in [0.25, 0.3) is 11.1 Å². The monoisotopic (exact) mass is 508 g/mol. The molecular formula is C31H28N2O3S. The van der Waals surface area contributed by atoms with Crippen LogP contribution < -0.4 is 4.74 Å². The fraction of sp³-hybridized carbons (Fsp3) is 0.129. The van der Waals surface area contributed by atoms with Crippen LogP contribution in [0.1, 0.15) is 22.3 Å². The summed E-state index contributed by atoms with van der Waals surface area (Å²) >= 11 is 0. The van der Waals surface area contributed by atoms with Crippen LogP contribution >= 0.6 is 0 Å². The zero-order chi connectivity index (χ0) is 26.0. The molecule has 0 unspecified atom stereocenters. The van der Waals surface area contributed by atoms with E-state index in [0.717, 1.165) is 27.8 Å². The maximum absolute atomic E-state index is 12.2. The molecule has 1 aromatic heterocycles. The maximum Gasteiger partial charge on any atom is 0.240 e. The Kier molecular flexibility index (Phi) is 6.44. The normalized spacial score (nSPS) is 11.9. The average Bonchev–Trinajstić information content (AvgIpc) is 3.35. The summed E-state index contributed by atoms with van der Waals surface area (Å²) in [7, 11) is -1.73. The van der Waals surface area contributed by atoms with Gasteiger partial charge in [-0.3, -0.25) is 0 Å². The van der Waals surface area contributed by atoms with Crippen molar-refractivity contribution in [2.24, 2.45) is 0 Å². The van der Waals surface area contributed by atoms with Crippen molar-refractivity contribution in [3.63, 3.8) is 0 Å². The summed E-state index contributed by atoms with van der Waals surface area (Å²) in [6, 6.07) is 36.2. The van der Waals surface area contributed by atoms with Gasteiger partial charge >= 0.3 is 0 Å². The molecule has 1 heterocycles. The third kappa shape index (κ3) is 4.34. The van der Waals surface area contributed by atoms with Crippen molar-refractivity contribution in [2.45, 2.75) is 17.4 Å². The molecule has 5 rings (SSSR count). The van der Waals surface area contributed by atoms with Crippen molar-refractivity contribution < 1.29 is 13.2 Å². The number of aromatic nitrogens is 2. The highest BCUT2D eigenvalue weighted by Gasteiger charge is 2.40. The van der Waals surface area contributed by atoms with Crippen molar-refractivity contribution in [3.8, 4) is 17.0 Å². The molecule has 4 aromatic carbocycles. The number of rotatable bonds is 7. The van der Waals surface area contributed by atoms with Crippen molar-refractivity contribution in [2.75, 3.05) is 13.4 Å². The van der Waals surface area contributed by atoms with Gasteiger partial charge in [-0.05, 0) is 46.9 Å². The molecule has 0 aliphatic rings. The van der Waals surface area contributed by atoms with Gasteiger partial charge in [0.05, 0.1) is 17.6 Å². The van der Waals surface area contributed by atoms with Crippen molar-refractivity contribution in [3.05, 3.63) is 138 Å². The standard InChI is InChI=1S/C31H28N2O3S/c1-23-21-24(19-20-29(23)37(3,34)35)28-22-33(32-30(28)36-2)31(25-13-7-4-8-14-25,26-15-9-5-10-16-26)27-17-11-6-12-18-27/h4-22H,1-3H3. The number of aryl methyl sites for hydroxylation is 1. The molecule has 0 aliphatic heterocycles. The molecule has 5 nitrogen and oxygen atoms in total. The third-order valence-corrected chi connectivity index (χ3v) is 7.93. The predicted octanol–water partition coefficient (Wildman–Crippen LogP) is 6.11. The number of methoxy groups -OCH3 is 1. The first-order valence-electron chi connectivity index (χ1n) is 12.0. The van der Waals surface area contributed by atoms with Gasteiger partial charge in [-0.2, -0.15) is 0 Å². The Labute approximate surface area is 217 Å². The average molecular weight is 509 g/mol. The SMILES string of the molecule is COc1nn(C(c2ccccc2)(c2ccccc2)c2ccccc2)cc1-c1ccc(S(C)(=O)=O)c(C)c1. The highest BCUT2D eigenvalue weighted by Crippen LogP contribution is 2.43. The van der Waals surface area contributed by atoms with E-state index in [1.165, 1.54) is 6.26 Å². The van der Waals surface area contributed by atoms with Crippen LogP contribution in [0.3, 0.4) is 0 Å². The molecule has 0 saturated carbocycles. The van der Waals surface area contributed by atoms with E-state index in [1.54, 1.807) is 20.1 Å². The maximum atomic E-state index is 12.2. The largest absolute Gasteiger partial charge is 0.479 e. The van der Waals surface area contributed by atoms with E-state index in [0.29, 0.717) is 16.3 Å². The Bertz CT molecular complexity index is 1530. The smallest absolute Gasteiger partial charge is 0.240 e. The fourth-order valence-electron chi connectivity index (χ4n) is 5.05. The quantitative estimate of drug-likeness (QED) is 0.249. The summed E-state index contributed by atoms with van der Waals surface area (Å²) in [5, 5.41) is 4.98. The number of hydrogen-bond acceptors (Lipinski definition) is 4. The lowest BCUT2D eigenvalue weighted by Crippen LogP contribution is -2.38. The third-order valence-electron chi connectivity index (χ3n) is 6.68. The summed E-state index contributed by atoms with van der Waals surface area (Å²) < 4.78 is 32.1. The van der Waals surface area contributed by atoms with Gasteiger partial charge in [0.25, 0.3) is 0 Å². The molecule has 0 aliphatic carbocycles. The molecule has 37 heavy (non-hydrogen) atoms. The van der Waals surface area contributed by atoms with E-state index >= 15 is 0 Å². The molecule has 0 radical (unpaired) electrons. The zero-order valence-electron chi connectivity index (χ0n) is 21.0. The first-order valence-corrected chi connectivity index (χ1v) is 13.9. The lowest BCUT2D eigenvalue weighted by Gasteiger charge is -2.36. The molecule has 0 fully saturated rings. The summed E-state index contributed by atoms with van der Waals surface area (Å²) in [6.45, 7) is 1.80. The van der Waals surface area contributed by atoms with Crippen molar-refractivity contribution >= 4 is 9.84 Å². The van der Waals surface area contributed by atoms with E-state index in [4.69, 9.17) is 9.84 Å². The lowest BCUT2D eigenvalue weighted by atomic mass is 9.77.